The maximum absolute atomic E-state index is 12.4. The van der Waals surface area contributed by atoms with Crippen LogP contribution in [0.3, 0.4) is 0 Å². The van der Waals surface area contributed by atoms with Crippen molar-refractivity contribution in [3.8, 4) is 0 Å². The first-order chi connectivity index (χ1) is 11.9. The van der Waals surface area contributed by atoms with E-state index in [4.69, 9.17) is 4.43 Å². The number of rotatable bonds is 7. The predicted molar refractivity (Wildman–Crippen MR) is 114 cm³/mol. The van der Waals surface area contributed by atoms with Crippen molar-refractivity contribution < 1.29 is 9.22 Å². The van der Waals surface area contributed by atoms with Gasteiger partial charge >= 0.3 is 0 Å². The van der Waals surface area contributed by atoms with Gasteiger partial charge in [-0.15, -0.1) is 0 Å². The van der Waals surface area contributed by atoms with E-state index in [9.17, 15) is 4.79 Å². The van der Waals surface area contributed by atoms with Gasteiger partial charge in [-0.3, -0.25) is 4.79 Å². The second-order valence-electron chi connectivity index (χ2n) is 11.2. The van der Waals surface area contributed by atoms with Crippen LogP contribution in [0.25, 0.3) is 0 Å². The predicted octanol–water partition coefficient (Wildman–Crippen LogP) is 6.99. The highest BCUT2D eigenvalue weighted by Gasteiger charge is 2.52. The minimum atomic E-state index is -1.65. The molecule has 0 N–H and O–H groups in total. The lowest BCUT2D eigenvalue weighted by Crippen LogP contribution is -2.43. The SMILES string of the molecule is C[C@@H](CCC[C@H](C)[C@H]1CC[C@H]2C(=O)CCC[C@]12C)O[Si](C)(C)C(C)(C)C. The Bertz CT molecular complexity index is 493. The van der Waals surface area contributed by atoms with E-state index in [2.05, 4.69) is 54.6 Å². The fourth-order valence-corrected chi connectivity index (χ4v) is 7.05. The number of fused-ring (bicyclic) bond motifs is 1. The monoisotopic (exact) mass is 380 g/mol. The van der Waals surface area contributed by atoms with Gasteiger partial charge in [0, 0.05) is 18.4 Å². The fraction of sp³-hybridized carbons (Fsp3) is 0.957. The molecule has 0 aromatic rings. The van der Waals surface area contributed by atoms with Gasteiger partial charge in [0.1, 0.15) is 5.78 Å². The molecule has 2 rings (SSSR count). The van der Waals surface area contributed by atoms with Crippen LogP contribution < -0.4 is 0 Å². The zero-order valence-electron chi connectivity index (χ0n) is 18.8. The van der Waals surface area contributed by atoms with Gasteiger partial charge in [-0.25, -0.2) is 0 Å². The van der Waals surface area contributed by atoms with Crippen molar-refractivity contribution in [2.24, 2.45) is 23.2 Å². The largest absolute Gasteiger partial charge is 0.414 e. The van der Waals surface area contributed by atoms with Crippen LogP contribution in [0.5, 0.6) is 0 Å². The molecule has 2 aliphatic carbocycles. The third-order valence-electron chi connectivity index (χ3n) is 8.20. The molecule has 2 saturated carbocycles. The lowest BCUT2D eigenvalue weighted by molar-refractivity contribution is -0.130. The number of carbonyl (C=O) groups is 1. The number of carbonyl (C=O) groups excluding carboxylic acids is 1. The Labute approximate surface area is 164 Å². The van der Waals surface area contributed by atoms with Crippen LogP contribution in [0.15, 0.2) is 0 Å². The average molecular weight is 381 g/mol. The molecule has 0 aromatic carbocycles. The third kappa shape index (κ3) is 4.63. The van der Waals surface area contributed by atoms with Crippen LogP contribution in [0, 0.1) is 23.2 Å². The highest BCUT2D eigenvalue weighted by Crippen LogP contribution is 2.57. The molecule has 152 valence electrons. The van der Waals surface area contributed by atoms with Crippen molar-refractivity contribution in [2.75, 3.05) is 0 Å². The van der Waals surface area contributed by atoms with Crippen LogP contribution in [0.2, 0.25) is 18.1 Å². The van der Waals surface area contributed by atoms with Gasteiger partial charge in [0.15, 0.2) is 8.32 Å². The minimum absolute atomic E-state index is 0.287. The quantitative estimate of drug-likeness (QED) is 0.445. The van der Waals surface area contributed by atoms with Gasteiger partial charge < -0.3 is 4.43 Å². The molecule has 0 unspecified atom stereocenters. The zero-order valence-corrected chi connectivity index (χ0v) is 19.8. The van der Waals surface area contributed by atoms with Crippen molar-refractivity contribution in [3.63, 3.8) is 0 Å². The highest BCUT2D eigenvalue weighted by atomic mass is 28.4. The molecule has 0 aliphatic heterocycles. The molecule has 3 heteroatoms. The number of ketones is 1. The molecule has 26 heavy (non-hydrogen) atoms. The van der Waals surface area contributed by atoms with E-state index in [1.807, 2.05) is 0 Å². The molecule has 5 atom stereocenters. The summed E-state index contributed by atoms with van der Waals surface area (Å²) in [6, 6.07) is 0. The lowest BCUT2D eigenvalue weighted by Gasteiger charge is -2.42. The van der Waals surface area contributed by atoms with E-state index in [1.54, 1.807) is 0 Å². The van der Waals surface area contributed by atoms with Crippen molar-refractivity contribution in [2.45, 2.75) is 117 Å². The summed E-state index contributed by atoms with van der Waals surface area (Å²) in [6.45, 7) is 18.8. The Kier molecular flexibility index (Phi) is 6.87. The molecule has 0 bridgehead atoms. The maximum atomic E-state index is 12.4. The Hall–Kier alpha value is -0.153. The Morgan fingerprint density at radius 3 is 2.46 bits per heavy atom. The van der Waals surface area contributed by atoms with E-state index in [0.29, 0.717) is 17.8 Å². The molecular weight excluding hydrogens is 336 g/mol. The Balaban J connectivity index is 1.82. The number of hydrogen-bond acceptors (Lipinski definition) is 2. The molecule has 2 nitrogen and oxygen atoms in total. The first-order valence-corrected chi connectivity index (χ1v) is 14.0. The second kappa shape index (κ2) is 8.07. The van der Waals surface area contributed by atoms with Crippen molar-refractivity contribution >= 4 is 14.1 Å². The van der Waals surface area contributed by atoms with Crippen molar-refractivity contribution in [1.29, 1.82) is 0 Å². The summed E-state index contributed by atoms with van der Waals surface area (Å²) >= 11 is 0. The highest BCUT2D eigenvalue weighted by molar-refractivity contribution is 6.74. The van der Waals surface area contributed by atoms with Crippen molar-refractivity contribution in [3.05, 3.63) is 0 Å². The van der Waals surface area contributed by atoms with E-state index in [-0.39, 0.29) is 10.5 Å². The maximum Gasteiger partial charge on any atom is 0.192 e. The van der Waals surface area contributed by atoms with E-state index < -0.39 is 8.32 Å². The summed E-state index contributed by atoms with van der Waals surface area (Å²) in [7, 11) is -1.65. The number of hydrogen-bond donors (Lipinski definition) is 0. The fourth-order valence-electron chi connectivity index (χ4n) is 5.57. The third-order valence-corrected chi connectivity index (χ3v) is 12.8. The van der Waals surface area contributed by atoms with Gasteiger partial charge in [-0.2, -0.15) is 0 Å². The summed E-state index contributed by atoms with van der Waals surface area (Å²) in [6.07, 6.45) is 9.71. The topological polar surface area (TPSA) is 26.3 Å². The summed E-state index contributed by atoms with van der Waals surface area (Å²) in [4.78, 5) is 12.4. The standard InChI is InChI=1S/C23H44O2Si/c1-17(11-9-12-18(2)25-26(7,8)22(3,4)5)19-14-15-20-21(24)13-10-16-23(19,20)6/h17-20H,9-16H2,1-8H3/t17-,18-,19+,20-,23+/m0/s1. The first kappa shape index (κ1) is 22.1. The van der Waals surface area contributed by atoms with Gasteiger partial charge in [-0.1, -0.05) is 47.5 Å². The Morgan fingerprint density at radius 1 is 1.19 bits per heavy atom. The molecular formula is C23H44O2Si. The number of Topliss-reactive ketones (excluding diaryl/α,β-unsaturated/α-hetero) is 1. The van der Waals surface area contributed by atoms with Gasteiger partial charge in [0.05, 0.1) is 0 Å². The van der Waals surface area contributed by atoms with Gasteiger partial charge in [0.25, 0.3) is 0 Å². The molecule has 2 aliphatic rings. The van der Waals surface area contributed by atoms with Gasteiger partial charge in [0.2, 0.25) is 0 Å². The summed E-state index contributed by atoms with van der Waals surface area (Å²) in [5.41, 5.74) is 0.290. The van der Waals surface area contributed by atoms with Crippen LogP contribution in [0.4, 0.5) is 0 Å². The van der Waals surface area contributed by atoms with E-state index >= 15 is 0 Å². The summed E-state index contributed by atoms with van der Waals surface area (Å²) in [5.74, 6) is 2.40. The summed E-state index contributed by atoms with van der Waals surface area (Å²) < 4.78 is 6.52. The minimum Gasteiger partial charge on any atom is -0.414 e. The van der Waals surface area contributed by atoms with E-state index in [1.165, 1.54) is 32.1 Å². The first-order valence-electron chi connectivity index (χ1n) is 11.1. The second-order valence-corrected chi connectivity index (χ2v) is 15.9. The molecule has 0 heterocycles. The lowest BCUT2D eigenvalue weighted by atomic mass is 9.62. The van der Waals surface area contributed by atoms with Crippen LogP contribution in [0.1, 0.15) is 92.9 Å². The molecule has 2 fully saturated rings. The van der Waals surface area contributed by atoms with Gasteiger partial charge in [-0.05, 0) is 74.4 Å². The molecule has 0 radical (unpaired) electrons. The average Bonchev–Trinajstić information content (AvgIpc) is 2.84. The molecule has 0 saturated heterocycles. The molecule has 0 aromatic heterocycles. The smallest absolute Gasteiger partial charge is 0.192 e. The molecule has 0 spiro atoms. The Morgan fingerprint density at radius 2 is 1.85 bits per heavy atom. The molecule has 0 amide bonds. The summed E-state index contributed by atoms with van der Waals surface area (Å²) in [5, 5.41) is 0.287. The normalized spacial score (nSPS) is 32.4. The van der Waals surface area contributed by atoms with Crippen LogP contribution >= 0.6 is 0 Å². The van der Waals surface area contributed by atoms with E-state index in [0.717, 1.165) is 31.1 Å². The van der Waals surface area contributed by atoms with Crippen molar-refractivity contribution in [1.82, 2.24) is 0 Å². The van der Waals surface area contributed by atoms with Crippen LogP contribution in [-0.2, 0) is 9.22 Å². The zero-order chi connectivity index (χ0) is 19.8. The van der Waals surface area contributed by atoms with Crippen LogP contribution in [-0.4, -0.2) is 20.2 Å².